The van der Waals surface area contributed by atoms with Crippen LogP contribution in [0.15, 0.2) is 9.59 Å². The van der Waals surface area contributed by atoms with Crippen LogP contribution in [0.2, 0.25) is 0 Å². The highest BCUT2D eigenvalue weighted by molar-refractivity contribution is 5.78. The third-order valence-corrected chi connectivity index (χ3v) is 6.14. The summed E-state index contributed by atoms with van der Waals surface area (Å²) >= 11 is 0. The van der Waals surface area contributed by atoms with Gasteiger partial charge >= 0.3 is 5.97 Å². The Morgan fingerprint density at radius 1 is 1.14 bits per heavy atom. The smallest absolute Gasteiger partial charge is 0.310 e. The molecule has 1 aromatic carbocycles. The summed E-state index contributed by atoms with van der Waals surface area (Å²) in [7, 11) is 0. The van der Waals surface area contributed by atoms with Gasteiger partial charge in [0.05, 0.1) is 12.5 Å². The van der Waals surface area contributed by atoms with Crippen LogP contribution in [0.3, 0.4) is 0 Å². The molecule has 3 rings (SSSR count). The summed E-state index contributed by atoms with van der Waals surface area (Å²) < 4.78 is 5.13. The summed E-state index contributed by atoms with van der Waals surface area (Å²) in [4.78, 5) is 40.8. The van der Waals surface area contributed by atoms with E-state index < -0.39 is 10.9 Å². The van der Waals surface area contributed by atoms with Crippen molar-refractivity contribution in [3.05, 3.63) is 20.4 Å². The Bertz CT molecular complexity index is 761. The van der Waals surface area contributed by atoms with Crippen molar-refractivity contribution in [2.75, 3.05) is 56.1 Å². The lowest BCUT2D eigenvalue weighted by Gasteiger charge is -2.35. The highest BCUT2D eigenvalue weighted by Crippen LogP contribution is 2.27. The van der Waals surface area contributed by atoms with Crippen molar-refractivity contribution in [2.45, 2.75) is 46.5 Å². The molecule has 7 nitrogen and oxygen atoms in total. The number of ether oxygens (including phenoxy) is 1. The number of nitrogens with one attached hydrogen (secondary N) is 1. The van der Waals surface area contributed by atoms with E-state index in [0.29, 0.717) is 37.6 Å². The second-order valence-corrected chi connectivity index (χ2v) is 8.91. The fourth-order valence-electron chi connectivity index (χ4n) is 4.97. The van der Waals surface area contributed by atoms with Crippen LogP contribution in [-0.4, -0.2) is 56.7 Å². The molecule has 0 aromatic heterocycles. The summed E-state index contributed by atoms with van der Waals surface area (Å²) in [5.41, 5.74) is 0.0262. The van der Waals surface area contributed by atoms with E-state index in [9.17, 15) is 14.4 Å². The fraction of sp³-hybridized carbons (Fsp3) is 0.773. The number of likely N-dealkylation sites (tertiary alicyclic amines) is 1. The molecular formula is C22H35N3O4. The first kappa shape index (κ1) is 21.8. The van der Waals surface area contributed by atoms with Crippen molar-refractivity contribution in [1.82, 2.24) is 4.90 Å². The van der Waals surface area contributed by atoms with Crippen molar-refractivity contribution in [2.24, 2.45) is 17.8 Å². The second kappa shape index (κ2) is 9.74. The zero-order chi connectivity index (χ0) is 21.0. The molecule has 0 amide bonds. The predicted octanol–water partition coefficient (Wildman–Crippen LogP) is 1.84. The first-order valence-corrected chi connectivity index (χ1v) is 11.1. The first-order valence-electron chi connectivity index (χ1n) is 11.1. The summed E-state index contributed by atoms with van der Waals surface area (Å²) in [6, 6.07) is 0. The van der Waals surface area contributed by atoms with E-state index in [1.165, 1.54) is 6.42 Å². The maximum absolute atomic E-state index is 12.2. The highest BCUT2D eigenvalue weighted by atomic mass is 16.5. The number of hydrogen-bond acceptors (Lipinski definition) is 7. The molecule has 162 valence electrons. The molecule has 2 fully saturated rings. The van der Waals surface area contributed by atoms with Gasteiger partial charge in [0, 0.05) is 32.7 Å². The minimum atomic E-state index is -0.435. The Hall–Kier alpha value is -1.89. The molecule has 7 heteroatoms. The molecule has 0 saturated carbocycles. The molecule has 0 aliphatic carbocycles. The van der Waals surface area contributed by atoms with Crippen LogP contribution < -0.4 is 21.1 Å². The maximum atomic E-state index is 12.2. The lowest BCUT2D eigenvalue weighted by molar-refractivity contribution is -0.148. The van der Waals surface area contributed by atoms with Crippen molar-refractivity contribution in [3.8, 4) is 0 Å². The normalized spacial score (nSPS) is 25.9. The zero-order valence-electron chi connectivity index (χ0n) is 18.0. The predicted molar refractivity (Wildman–Crippen MR) is 115 cm³/mol. The number of piperidine rings is 2. The first-order chi connectivity index (χ1) is 13.9. The van der Waals surface area contributed by atoms with Gasteiger partial charge in [-0.25, -0.2) is 0 Å². The summed E-state index contributed by atoms with van der Waals surface area (Å²) in [6.45, 7) is 11.8. The van der Waals surface area contributed by atoms with Gasteiger partial charge in [-0.2, -0.15) is 0 Å². The maximum Gasteiger partial charge on any atom is 0.310 e. The topological polar surface area (TPSA) is 79.0 Å². The Balaban J connectivity index is 1.53. The quantitative estimate of drug-likeness (QED) is 0.402. The van der Waals surface area contributed by atoms with Gasteiger partial charge in [-0.1, -0.05) is 13.8 Å². The monoisotopic (exact) mass is 405 g/mol. The number of hydrogen-bond donors (Lipinski definition) is 1. The fourth-order valence-corrected chi connectivity index (χ4v) is 4.97. The number of carbonyl (C=O) groups excluding carboxylic acids is 1. The van der Waals surface area contributed by atoms with E-state index >= 15 is 0 Å². The van der Waals surface area contributed by atoms with Gasteiger partial charge in [0.25, 0.3) is 10.9 Å². The van der Waals surface area contributed by atoms with E-state index in [1.54, 1.807) is 6.92 Å². The number of carbonyl (C=O) groups is 1. The van der Waals surface area contributed by atoms with Crippen LogP contribution >= 0.6 is 0 Å². The molecule has 0 unspecified atom stereocenters. The second-order valence-electron chi connectivity index (χ2n) is 8.91. The highest BCUT2D eigenvalue weighted by Gasteiger charge is 2.32. The lowest BCUT2D eigenvalue weighted by atomic mass is 9.92. The number of nitrogens with zero attached hydrogens (tertiary/aromatic N) is 2. The SMILES string of the molecule is CCOC(=O)[C@@H]1CCCN(c2c(NCCCN3C[C@H](C)C[C@@H](C)C3)c(=O)c2=O)C1. The van der Waals surface area contributed by atoms with Crippen LogP contribution in [-0.2, 0) is 9.53 Å². The van der Waals surface area contributed by atoms with Gasteiger partial charge in [-0.3, -0.25) is 14.4 Å². The van der Waals surface area contributed by atoms with E-state index in [-0.39, 0.29) is 11.9 Å². The van der Waals surface area contributed by atoms with Gasteiger partial charge in [0.15, 0.2) is 0 Å². The number of esters is 1. The van der Waals surface area contributed by atoms with Gasteiger partial charge in [-0.15, -0.1) is 0 Å². The van der Waals surface area contributed by atoms with E-state index in [4.69, 9.17) is 4.74 Å². The summed E-state index contributed by atoms with van der Waals surface area (Å²) in [5, 5.41) is 3.20. The van der Waals surface area contributed by atoms with E-state index in [2.05, 4.69) is 24.1 Å². The molecule has 2 saturated heterocycles. The van der Waals surface area contributed by atoms with Gasteiger partial charge < -0.3 is 19.9 Å². The molecule has 29 heavy (non-hydrogen) atoms. The van der Waals surface area contributed by atoms with Crippen molar-refractivity contribution in [3.63, 3.8) is 0 Å². The molecule has 2 aliphatic heterocycles. The minimum absolute atomic E-state index is 0.213. The number of rotatable bonds is 8. The lowest BCUT2D eigenvalue weighted by Crippen LogP contribution is -2.48. The van der Waals surface area contributed by atoms with Gasteiger partial charge in [-0.05, 0) is 51.0 Å². The molecule has 3 atom stereocenters. The van der Waals surface area contributed by atoms with Gasteiger partial charge in [0.1, 0.15) is 11.4 Å². The molecule has 1 N–H and O–H groups in total. The third kappa shape index (κ3) is 5.18. The molecule has 0 spiro atoms. The minimum Gasteiger partial charge on any atom is -0.466 e. The van der Waals surface area contributed by atoms with Crippen LogP contribution in [0.5, 0.6) is 0 Å². The third-order valence-electron chi connectivity index (χ3n) is 6.14. The molecule has 1 aromatic rings. The summed E-state index contributed by atoms with van der Waals surface area (Å²) in [5.74, 6) is 1.02. The average Bonchev–Trinajstić information content (AvgIpc) is 2.69. The Kier molecular flexibility index (Phi) is 7.33. The van der Waals surface area contributed by atoms with Crippen molar-refractivity contribution in [1.29, 1.82) is 0 Å². The molecule has 2 aliphatic rings. The zero-order valence-corrected chi connectivity index (χ0v) is 18.0. The van der Waals surface area contributed by atoms with Crippen LogP contribution in [0.25, 0.3) is 0 Å². The average molecular weight is 406 g/mol. The van der Waals surface area contributed by atoms with E-state index in [1.807, 2.05) is 4.90 Å². The summed E-state index contributed by atoms with van der Waals surface area (Å²) in [6.07, 6.45) is 3.81. The Morgan fingerprint density at radius 2 is 1.86 bits per heavy atom. The van der Waals surface area contributed by atoms with E-state index in [0.717, 1.165) is 50.7 Å². The Morgan fingerprint density at radius 3 is 2.55 bits per heavy atom. The van der Waals surface area contributed by atoms with Gasteiger partial charge in [0.2, 0.25) is 0 Å². The standard InChI is InChI=1S/C22H35N3O4/c1-4-29-22(28)17-7-5-10-25(14-17)19-18(20(26)21(19)27)23-8-6-9-24-12-15(2)11-16(3)13-24/h15-17,23H,4-14H2,1-3H3/t15-,16-,17-/m1/s1. The molecular weight excluding hydrogens is 370 g/mol. The van der Waals surface area contributed by atoms with Crippen molar-refractivity contribution < 1.29 is 9.53 Å². The largest absolute Gasteiger partial charge is 0.466 e. The number of anilines is 2. The van der Waals surface area contributed by atoms with Crippen LogP contribution in [0.4, 0.5) is 11.4 Å². The molecule has 0 bridgehead atoms. The molecule has 0 radical (unpaired) electrons. The molecule has 2 heterocycles. The Labute approximate surface area is 173 Å². The van der Waals surface area contributed by atoms with Crippen LogP contribution in [0.1, 0.15) is 46.5 Å². The van der Waals surface area contributed by atoms with Crippen molar-refractivity contribution >= 4 is 17.3 Å². The van der Waals surface area contributed by atoms with Crippen LogP contribution in [0, 0.1) is 17.8 Å².